The van der Waals surface area contributed by atoms with Gasteiger partial charge in [-0.25, -0.2) is 0 Å². The lowest BCUT2D eigenvalue weighted by Crippen LogP contribution is -2.45. The van der Waals surface area contributed by atoms with Crippen molar-refractivity contribution in [1.29, 1.82) is 0 Å². The van der Waals surface area contributed by atoms with Crippen molar-refractivity contribution in [1.82, 2.24) is 15.2 Å². The van der Waals surface area contributed by atoms with E-state index in [2.05, 4.69) is 10.3 Å². The SMILES string of the molecule is O=C(c1cccnc1)N1CCC(NCC2CC2)CC1. The Hall–Kier alpha value is -1.42. The molecule has 0 atom stereocenters. The van der Waals surface area contributed by atoms with Gasteiger partial charge in [-0.1, -0.05) is 0 Å². The lowest BCUT2D eigenvalue weighted by atomic mass is 10.0. The normalized spacial score (nSPS) is 20.5. The van der Waals surface area contributed by atoms with Gasteiger partial charge in [-0.3, -0.25) is 9.78 Å². The standard InChI is InChI=1S/C15H21N3O/c19-15(13-2-1-7-16-11-13)18-8-5-14(6-9-18)17-10-12-3-4-12/h1-2,7,11-12,14,17H,3-6,8-10H2. The second kappa shape index (κ2) is 5.70. The maximum Gasteiger partial charge on any atom is 0.255 e. The molecule has 19 heavy (non-hydrogen) atoms. The number of amides is 1. The molecule has 0 bridgehead atoms. The van der Waals surface area contributed by atoms with Gasteiger partial charge in [-0.2, -0.15) is 0 Å². The molecule has 1 amide bonds. The first-order valence-corrected chi connectivity index (χ1v) is 7.25. The van der Waals surface area contributed by atoms with Gasteiger partial charge in [-0.05, 0) is 50.3 Å². The molecule has 1 saturated carbocycles. The molecule has 1 aromatic rings. The van der Waals surface area contributed by atoms with Crippen LogP contribution in [0.25, 0.3) is 0 Å². The van der Waals surface area contributed by atoms with Crippen LogP contribution in [0.15, 0.2) is 24.5 Å². The highest BCUT2D eigenvalue weighted by Gasteiger charge is 2.26. The van der Waals surface area contributed by atoms with Crippen molar-refractivity contribution in [2.24, 2.45) is 5.92 Å². The van der Waals surface area contributed by atoms with Crippen molar-refractivity contribution < 1.29 is 4.79 Å². The van der Waals surface area contributed by atoms with Crippen LogP contribution in [0, 0.1) is 5.92 Å². The molecule has 1 N–H and O–H groups in total. The minimum atomic E-state index is 0.119. The molecule has 2 fully saturated rings. The maximum atomic E-state index is 12.2. The summed E-state index contributed by atoms with van der Waals surface area (Å²) in [5, 5.41) is 3.63. The number of nitrogens with one attached hydrogen (secondary N) is 1. The smallest absolute Gasteiger partial charge is 0.255 e. The number of rotatable bonds is 4. The number of likely N-dealkylation sites (tertiary alicyclic amines) is 1. The number of carbonyl (C=O) groups excluding carboxylic acids is 1. The summed E-state index contributed by atoms with van der Waals surface area (Å²) in [4.78, 5) is 18.2. The van der Waals surface area contributed by atoms with Crippen LogP contribution in [0.1, 0.15) is 36.0 Å². The third-order valence-corrected chi connectivity index (χ3v) is 4.08. The van der Waals surface area contributed by atoms with E-state index in [0.29, 0.717) is 11.6 Å². The monoisotopic (exact) mass is 259 g/mol. The first-order valence-electron chi connectivity index (χ1n) is 7.25. The van der Waals surface area contributed by atoms with Gasteiger partial charge in [0.25, 0.3) is 5.91 Å². The molecule has 2 aliphatic rings. The van der Waals surface area contributed by atoms with Crippen LogP contribution in [-0.2, 0) is 0 Å². The fourth-order valence-electron chi connectivity index (χ4n) is 2.61. The van der Waals surface area contributed by atoms with E-state index in [4.69, 9.17) is 0 Å². The number of hydrogen-bond acceptors (Lipinski definition) is 3. The number of nitrogens with zero attached hydrogens (tertiary/aromatic N) is 2. The third-order valence-electron chi connectivity index (χ3n) is 4.08. The summed E-state index contributed by atoms with van der Waals surface area (Å²) in [6, 6.07) is 4.25. The molecule has 1 saturated heterocycles. The van der Waals surface area contributed by atoms with Crippen molar-refractivity contribution >= 4 is 5.91 Å². The Bertz CT molecular complexity index is 422. The Kier molecular flexibility index (Phi) is 3.78. The summed E-state index contributed by atoms with van der Waals surface area (Å²) < 4.78 is 0. The Balaban J connectivity index is 1.47. The zero-order valence-corrected chi connectivity index (χ0v) is 11.2. The molecule has 0 radical (unpaired) electrons. The predicted molar refractivity (Wildman–Crippen MR) is 73.9 cm³/mol. The van der Waals surface area contributed by atoms with Crippen LogP contribution >= 0.6 is 0 Å². The second-order valence-electron chi connectivity index (χ2n) is 5.66. The van der Waals surface area contributed by atoms with E-state index in [1.165, 1.54) is 19.4 Å². The lowest BCUT2D eigenvalue weighted by Gasteiger charge is -2.32. The van der Waals surface area contributed by atoms with E-state index < -0.39 is 0 Å². The summed E-state index contributed by atoms with van der Waals surface area (Å²) in [7, 11) is 0. The van der Waals surface area contributed by atoms with Crippen molar-refractivity contribution in [3.05, 3.63) is 30.1 Å². The Labute approximate surface area is 114 Å². The highest BCUT2D eigenvalue weighted by molar-refractivity contribution is 5.93. The number of aromatic nitrogens is 1. The Morgan fingerprint density at radius 1 is 1.32 bits per heavy atom. The molecule has 0 aromatic carbocycles. The lowest BCUT2D eigenvalue weighted by molar-refractivity contribution is 0.0704. The van der Waals surface area contributed by atoms with Gasteiger partial charge in [0.1, 0.15) is 0 Å². The molecular weight excluding hydrogens is 238 g/mol. The Morgan fingerprint density at radius 3 is 2.74 bits per heavy atom. The average Bonchev–Trinajstić information content (AvgIpc) is 3.30. The molecule has 0 spiro atoms. The van der Waals surface area contributed by atoms with E-state index in [1.54, 1.807) is 12.4 Å². The number of pyridine rings is 1. The van der Waals surface area contributed by atoms with E-state index in [-0.39, 0.29) is 5.91 Å². The van der Waals surface area contributed by atoms with Gasteiger partial charge >= 0.3 is 0 Å². The summed E-state index contributed by atoms with van der Waals surface area (Å²) >= 11 is 0. The summed E-state index contributed by atoms with van der Waals surface area (Å²) in [5.74, 6) is 1.05. The molecular formula is C15H21N3O. The highest BCUT2D eigenvalue weighted by atomic mass is 16.2. The van der Waals surface area contributed by atoms with E-state index in [9.17, 15) is 4.79 Å². The Morgan fingerprint density at radius 2 is 2.11 bits per heavy atom. The quantitative estimate of drug-likeness (QED) is 0.895. The van der Waals surface area contributed by atoms with Crippen molar-refractivity contribution in [2.75, 3.05) is 19.6 Å². The van der Waals surface area contributed by atoms with Crippen LogP contribution in [0.2, 0.25) is 0 Å². The fraction of sp³-hybridized carbons (Fsp3) is 0.600. The third kappa shape index (κ3) is 3.32. The summed E-state index contributed by atoms with van der Waals surface area (Å²) in [5.41, 5.74) is 0.701. The van der Waals surface area contributed by atoms with Crippen molar-refractivity contribution in [3.63, 3.8) is 0 Å². The molecule has 1 aromatic heterocycles. The van der Waals surface area contributed by atoms with Gasteiger partial charge in [0, 0.05) is 31.5 Å². The topological polar surface area (TPSA) is 45.2 Å². The zero-order chi connectivity index (χ0) is 13.1. The van der Waals surface area contributed by atoms with E-state index in [1.807, 2.05) is 17.0 Å². The molecule has 4 heteroatoms. The fourth-order valence-corrected chi connectivity index (χ4v) is 2.61. The minimum absolute atomic E-state index is 0.119. The molecule has 1 aliphatic carbocycles. The number of piperidine rings is 1. The van der Waals surface area contributed by atoms with Gasteiger partial charge in [0.2, 0.25) is 0 Å². The minimum Gasteiger partial charge on any atom is -0.338 e. The van der Waals surface area contributed by atoms with Crippen LogP contribution in [0.5, 0.6) is 0 Å². The molecule has 0 unspecified atom stereocenters. The molecule has 2 heterocycles. The van der Waals surface area contributed by atoms with E-state index in [0.717, 1.165) is 31.8 Å². The largest absolute Gasteiger partial charge is 0.338 e. The van der Waals surface area contributed by atoms with E-state index >= 15 is 0 Å². The second-order valence-corrected chi connectivity index (χ2v) is 5.66. The number of carbonyl (C=O) groups is 1. The number of hydrogen-bond donors (Lipinski definition) is 1. The van der Waals surface area contributed by atoms with Gasteiger partial charge < -0.3 is 10.2 Å². The van der Waals surface area contributed by atoms with Crippen LogP contribution in [-0.4, -0.2) is 41.5 Å². The zero-order valence-electron chi connectivity index (χ0n) is 11.2. The van der Waals surface area contributed by atoms with Crippen LogP contribution in [0.4, 0.5) is 0 Å². The van der Waals surface area contributed by atoms with Gasteiger partial charge in [-0.15, -0.1) is 0 Å². The molecule has 3 rings (SSSR count). The van der Waals surface area contributed by atoms with Crippen LogP contribution in [0.3, 0.4) is 0 Å². The van der Waals surface area contributed by atoms with Gasteiger partial charge in [0.05, 0.1) is 5.56 Å². The first-order chi connectivity index (χ1) is 9.33. The van der Waals surface area contributed by atoms with Crippen molar-refractivity contribution in [3.8, 4) is 0 Å². The highest BCUT2D eigenvalue weighted by Crippen LogP contribution is 2.28. The first kappa shape index (κ1) is 12.6. The van der Waals surface area contributed by atoms with Crippen molar-refractivity contribution in [2.45, 2.75) is 31.7 Å². The molecule has 4 nitrogen and oxygen atoms in total. The van der Waals surface area contributed by atoms with Gasteiger partial charge in [0.15, 0.2) is 0 Å². The average molecular weight is 259 g/mol. The molecule has 1 aliphatic heterocycles. The maximum absolute atomic E-state index is 12.2. The predicted octanol–water partition coefficient (Wildman–Crippen LogP) is 1.69. The molecule has 102 valence electrons. The summed E-state index contributed by atoms with van der Waals surface area (Å²) in [6.45, 7) is 2.88. The summed E-state index contributed by atoms with van der Waals surface area (Å²) in [6.07, 6.45) is 8.28. The van der Waals surface area contributed by atoms with Crippen LogP contribution < -0.4 is 5.32 Å².